The lowest BCUT2D eigenvalue weighted by atomic mass is 10.1. The Morgan fingerprint density at radius 1 is 0.871 bits per heavy atom. The number of halogens is 7. The van der Waals surface area contributed by atoms with Gasteiger partial charge in [-0.05, 0) is 24.6 Å². The van der Waals surface area contributed by atoms with Gasteiger partial charge in [0.15, 0.2) is 17.5 Å². The zero-order valence-electron chi connectivity index (χ0n) is 15.2. The normalized spacial score (nSPS) is 11.4. The van der Waals surface area contributed by atoms with Crippen LogP contribution in [-0.4, -0.2) is 22.3 Å². The number of carbonyl (C=O) groups is 1. The summed E-state index contributed by atoms with van der Waals surface area (Å²) in [5.41, 5.74) is -0.611. The second-order valence-electron chi connectivity index (χ2n) is 6.05. The first kappa shape index (κ1) is 22.0. The molecule has 0 aliphatic rings. The van der Waals surface area contributed by atoms with Crippen molar-refractivity contribution in [1.82, 2.24) is 9.97 Å². The third kappa shape index (κ3) is 5.08. The number of benzene rings is 2. The summed E-state index contributed by atoms with van der Waals surface area (Å²) in [6.07, 6.45) is -2.58. The third-order valence-electron chi connectivity index (χ3n) is 3.69. The first-order valence-corrected chi connectivity index (χ1v) is 8.19. The van der Waals surface area contributed by atoms with E-state index in [0.717, 1.165) is 12.1 Å². The van der Waals surface area contributed by atoms with Crippen molar-refractivity contribution in [2.75, 3.05) is 0 Å². The van der Waals surface area contributed by atoms with E-state index in [1.807, 2.05) is 0 Å². The molecule has 12 heteroatoms. The van der Waals surface area contributed by atoms with E-state index < -0.39 is 52.7 Å². The second-order valence-corrected chi connectivity index (χ2v) is 6.05. The molecule has 2 aromatic carbocycles. The van der Waals surface area contributed by atoms with Crippen LogP contribution in [0, 0.1) is 30.2 Å². The van der Waals surface area contributed by atoms with Gasteiger partial charge in [-0.25, -0.2) is 32.3 Å². The summed E-state index contributed by atoms with van der Waals surface area (Å²) in [5, 5.41) is 0. The Morgan fingerprint density at radius 3 is 1.87 bits per heavy atom. The van der Waals surface area contributed by atoms with Crippen LogP contribution >= 0.6 is 0 Å². The Balaban J connectivity index is 1.87. The first-order valence-electron chi connectivity index (χ1n) is 8.19. The molecule has 0 spiro atoms. The summed E-state index contributed by atoms with van der Waals surface area (Å²) in [7, 11) is 0. The number of esters is 1. The molecule has 0 fully saturated rings. The van der Waals surface area contributed by atoms with E-state index in [9.17, 15) is 35.5 Å². The highest BCUT2D eigenvalue weighted by Gasteiger charge is 2.34. The molecule has 0 radical (unpaired) electrons. The van der Waals surface area contributed by atoms with Crippen LogP contribution in [0.3, 0.4) is 0 Å². The van der Waals surface area contributed by atoms with Crippen LogP contribution in [0.5, 0.6) is 11.5 Å². The molecule has 0 aliphatic carbocycles. The highest BCUT2D eigenvalue weighted by molar-refractivity contribution is 5.92. The third-order valence-corrected chi connectivity index (χ3v) is 3.69. The van der Waals surface area contributed by atoms with E-state index in [1.54, 1.807) is 6.92 Å². The molecule has 0 N–H and O–H groups in total. The monoisotopic (exact) mass is 446 g/mol. The fraction of sp³-hybridized carbons (Fsp3) is 0.105. The quantitative estimate of drug-likeness (QED) is 0.316. The average molecular weight is 446 g/mol. The number of nitrogens with zero attached hydrogens (tertiary/aromatic N) is 2. The van der Waals surface area contributed by atoms with E-state index in [0.29, 0.717) is 5.56 Å². The van der Waals surface area contributed by atoms with E-state index in [2.05, 4.69) is 19.4 Å². The van der Waals surface area contributed by atoms with Gasteiger partial charge in [-0.2, -0.15) is 0 Å². The fourth-order valence-electron chi connectivity index (χ4n) is 2.41. The number of carbonyl (C=O) groups excluding carboxylic acids is 1. The van der Waals surface area contributed by atoms with Gasteiger partial charge in [-0.3, -0.25) is 0 Å². The minimum atomic E-state index is -5.38. The SMILES string of the molecule is Cc1cnc(-c2cc(F)c(C(=O)Oc3cc(F)c(OC(F)(F)F)c(F)c3)c(F)c2)nc1. The minimum Gasteiger partial charge on any atom is -0.423 e. The fourth-order valence-corrected chi connectivity index (χ4v) is 2.41. The summed E-state index contributed by atoms with van der Waals surface area (Å²) in [5.74, 6) is -10.9. The Kier molecular flexibility index (Phi) is 5.82. The van der Waals surface area contributed by atoms with E-state index >= 15 is 0 Å². The van der Waals surface area contributed by atoms with Gasteiger partial charge >= 0.3 is 12.3 Å². The van der Waals surface area contributed by atoms with Gasteiger partial charge in [0.05, 0.1) is 0 Å². The predicted molar refractivity (Wildman–Crippen MR) is 90.1 cm³/mol. The number of ether oxygens (including phenoxy) is 2. The van der Waals surface area contributed by atoms with Gasteiger partial charge in [0.1, 0.15) is 22.9 Å². The topological polar surface area (TPSA) is 61.3 Å². The van der Waals surface area contributed by atoms with Crippen molar-refractivity contribution in [3.63, 3.8) is 0 Å². The molecule has 3 rings (SSSR count). The highest BCUT2D eigenvalue weighted by Crippen LogP contribution is 2.32. The van der Waals surface area contributed by atoms with Crippen molar-refractivity contribution in [3.05, 3.63) is 71.1 Å². The van der Waals surface area contributed by atoms with Crippen molar-refractivity contribution in [1.29, 1.82) is 0 Å². The largest absolute Gasteiger partial charge is 0.573 e. The van der Waals surface area contributed by atoms with Gasteiger partial charge in [-0.15, -0.1) is 13.2 Å². The Labute approximate surface area is 169 Å². The Morgan fingerprint density at radius 2 is 1.39 bits per heavy atom. The summed E-state index contributed by atoms with van der Waals surface area (Å²) < 4.78 is 100. The molecule has 5 nitrogen and oxygen atoms in total. The predicted octanol–water partition coefficient (Wildman–Crippen LogP) is 5.13. The number of hydrogen-bond donors (Lipinski definition) is 0. The van der Waals surface area contributed by atoms with Crippen LogP contribution in [0.1, 0.15) is 15.9 Å². The maximum atomic E-state index is 14.3. The van der Waals surface area contributed by atoms with Crippen molar-refractivity contribution < 1.29 is 45.0 Å². The van der Waals surface area contributed by atoms with Gasteiger partial charge in [0.2, 0.25) is 5.75 Å². The molecular formula is C19H9F7N2O3. The van der Waals surface area contributed by atoms with E-state index in [-0.39, 0.29) is 23.5 Å². The molecular weight excluding hydrogens is 437 g/mol. The smallest absolute Gasteiger partial charge is 0.423 e. The number of alkyl halides is 3. The maximum Gasteiger partial charge on any atom is 0.573 e. The number of aromatic nitrogens is 2. The molecule has 0 unspecified atom stereocenters. The van der Waals surface area contributed by atoms with E-state index in [4.69, 9.17) is 0 Å². The molecule has 0 amide bonds. The van der Waals surface area contributed by atoms with Crippen LogP contribution in [0.4, 0.5) is 30.7 Å². The van der Waals surface area contributed by atoms with Crippen LogP contribution in [0.2, 0.25) is 0 Å². The van der Waals surface area contributed by atoms with Crippen LogP contribution in [-0.2, 0) is 0 Å². The number of hydrogen-bond acceptors (Lipinski definition) is 5. The standard InChI is InChI=1S/C19H9F7N2O3/c1-8-6-27-17(28-7-8)9-2-11(20)15(12(21)3-9)18(29)30-10-4-13(22)16(14(23)5-10)31-19(24,25)26/h2-7H,1H3. The number of rotatable bonds is 4. The lowest BCUT2D eigenvalue weighted by Gasteiger charge is -2.12. The lowest BCUT2D eigenvalue weighted by Crippen LogP contribution is -2.19. The van der Waals surface area contributed by atoms with Crippen LogP contribution in [0.25, 0.3) is 11.4 Å². The molecule has 0 aliphatic heterocycles. The molecule has 3 aromatic rings. The van der Waals surface area contributed by atoms with Crippen molar-refractivity contribution >= 4 is 5.97 Å². The summed E-state index contributed by atoms with van der Waals surface area (Å²) in [6, 6.07) is 1.86. The molecule has 31 heavy (non-hydrogen) atoms. The van der Waals surface area contributed by atoms with Crippen molar-refractivity contribution in [2.45, 2.75) is 13.3 Å². The van der Waals surface area contributed by atoms with Crippen molar-refractivity contribution in [2.24, 2.45) is 0 Å². The number of aryl methyl sites for hydroxylation is 1. The average Bonchev–Trinajstić information content (AvgIpc) is 2.64. The highest BCUT2D eigenvalue weighted by atomic mass is 19.4. The first-order chi connectivity index (χ1) is 14.4. The van der Waals surface area contributed by atoms with Gasteiger partial charge in [0.25, 0.3) is 0 Å². The summed E-state index contributed by atoms with van der Waals surface area (Å²) in [4.78, 5) is 19.9. The van der Waals surface area contributed by atoms with Gasteiger partial charge < -0.3 is 9.47 Å². The second kappa shape index (κ2) is 8.20. The summed E-state index contributed by atoms with van der Waals surface area (Å²) in [6.45, 7) is 1.69. The molecule has 0 saturated carbocycles. The molecule has 1 heterocycles. The molecule has 0 saturated heterocycles. The lowest BCUT2D eigenvalue weighted by molar-refractivity contribution is -0.276. The minimum absolute atomic E-state index is 0.0345. The van der Waals surface area contributed by atoms with Gasteiger partial charge in [0, 0.05) is 30.1 Å². The zero-order chi connectivity index (χ0) is 22.9. The van der Waals surface area contributed by atoms with Crippen LogP contribution in [0.15, 0.2) is 36.7 Å². The molecule has 162 valence electrons. The Bertz CT molecular complexity index is 1100. The zero-order valence-corrected chi connectivity index (χ0v) is 15.2. The maximum absolute atomic E-state index is 14.3. The molecule has 0 bridgehead atoms. The van der Waals surface area contributed by atoms with Crippen molar-refractivity contribution in [3.8, 4) is 22.9 Å². The van der Waals surface area contributed by atoms with Crippen LogP contribution < -0.4 is 9.47 Å². The van der Waals surface area contributed by atoms with Gasteiger partial charge in [-0.1, -0.05) is 0 Å². The summed E-state index contributed by atoms with van der Waals surface area (Å²) >= 11 is 0. The van der Waals surface area contributed by atoms with E-state index in [1.165, 1.54) is 12.4 Å². The molecule has 0 atom stereocenters. The molecule has 1 aromatic heterocycles. The Hall–Kier alpha value is -3.70.